The Balaban J connectivity index is 1.99. The van der Waals surface area contributed by atoms with Gasteiger partial charge >= 0.3 is 0 Å². The van der Waals surface area contributed by atoms with Crippen molar-refractivity contribution in [2.45, 2.75) is 32.4 Å². The lowest BCUT2D eigenvalue weighted by Crippen LogP contribution is -2.32. The maximum absolute atomic E-state index is 5.33. The fraction of sp³-hybridized carbons (Fsp3) is 0.438. The first-order chi connectivity index (χ1) is 9.83. The smallest absolute Gasteiger partial charge is 0.119 e. The summed E-state index contributed by atoms with van der Waals surface area (Å²) in [4.78, 5) is 0. The zero-order valence-corrected chi connectivity index (χ0v) is 12.1. The number of nitrogens with zero attached hydrogens (tertiary/aromatic N) is 2. The van der Waals surface area contributed by atoms with E-state index in [2.05, 4.69) is 40.2 Å². The zero-order valence-electron chi connectivity index (χ0n) is 12.1. The van der Waals surface area contributed by atoms with Crippen LogP contribution in [0.15, 0.2) is 30.5 Å². The molecule has 0 bridgehead atoms. The van der Waals surface area contributed by atoms with Crippen molar-refractivity contribution < 1.29 is 4.74 Å². The highest BCUT2D eigenvalue weighted by atomic mass is 16.5. The van der Waals surface area contributed by atoms with Crippen molar-refractivity contribution in [3.05, 3.63) is 47.3 Å². The number of hydrogen-bond donors (Lipinski definition) is 1. The second kappa shape index (κ2) is 5.67. The molecule has 2 heterocycles. The number of ether oxygens (including phenoxy) is 1. The maximum Gasteiger partial charge on any atom is 0.119 e. The van der Waals surface area contributed by atoms with Crippen molar-refractivity contribution in [1.82, 2.24) is 15.1 Å². The lowest BCUT2D eigenvalue weighted by Gasteiger charge is -2.28. The topological polar surface area (TPSA) is 39.1 Å². The number of hydrogen-bond acceptors (Lipinski definition) is 3. The number of fused-ring (bicyclic) bond motifs is 1. The molecule has 106 valence electrons. The van der Waals surface area contributed by atoms with E-state index in [1.54, 1.807) is 7.11 Å². The van der Waals surface area contributed by atoms with Crippen LogP contribution in [-0.2, 0) is 13.0 Å². The molecule has 3 rings (SSSR count). The number of rotatable bonds is 4. The van der Waals surface area contributed by atoms with E-state index in [-0.39, 0.29) is 6.04 Å². The van der Waals surface area contributed by atoms with Gasteiger partial charge < -0.3 is 10.1 Å². The first-order valence-electron chi connectivity index (χ1n) is 7.25. The van der Waals surface area contributed by atoms with Gasteiger partial charge in [0.25, 0.3) is 0 Å². The van der Waals surface area contributed by atoms with Gasteiger partial charge in [0, 0.05) is 19.3 Å². The summed E-state index contributed by atoms with van der Waals surface area (Å²) < 4.78 is 7.44. The summed E-state index contributed by atoms with van der Waals surface area (Å²) in [7, 11) is 1.72. The summed E-state index contributed by atoms with van der Waals surface area (Å²) in [6.07, 6.45) is 4.03. The van der Waals surface area contributed by atoms with Gasteiger partial charge in [0.1, 0.15) is 5.75 Å². The number of aromatic nitrogens is 2. The fourth-order valence-electron chi connectivity index (χ4n) is 2.92. The monoisotopic (exact) mass is 271 g/mol. The number of benzene rings is 1. The lowest BCUT2D eigenvalue weighted by atomic mass is 9.92. The second-order valence-corrected chi connectivity index (χ2v) is 5.18. The summed E-state index contributed by atoms with van der Waals surface area (Å²) in [5, 5.41) is 8.05. The van der Waals surface area contributed by atoms with E-state index < -0.39 is 0 Å². The highest BCUT2D eigenvalue weighted by molar-refractivity contribution is 5.42. The van der Waals surface area contributed by atoms with E-state index in [0.717, 1.165) is 31.7 Å². The number of aryl methyl sites for hydroxylation is 1. The van der Waals surface area contributed by atoms with Gasteiger partial charge in [-0.15, -0.1) is 0 Å². The third-order valence-corrected chi connectivity index (χ3v) is 3.88. The molecule has 1 aromatic heterocycles. The molecule has 1 aliphatic rings. The Morgan fingerprint density at radius 2 is 2.30 bits per heavy atom. The molecule has 1 aliphatic heterocycles. The molecule has 0 saturated heterocycles. The normalized spacial score (nSPS) is 17.8. The van der Waals surface area contributed by atoms with Crippen molar-refractivity contribution in [2.75, 3.05) is 13.7 Å². The van der Waals surface area contributed by atoms with E-state index in [9.17, 15) is 0 Å². The molecule has 0 aliphatic carbocycles. The van der Waals surface area contributed by atoms with E-state index >= 15 is 0 Å². The van der Waals surface area contributed by atoms with Gasteiger partial charge in [-0.25, -0.2) is 0 Å². The standard InChI is InChI=1S/C16H21N3O/c1-3-10-19-15(7-9-18-19)16-14-5-4-13(20-2)11-12(14)6-8-17-16/h4-5,7,9,11,16-17H,3,6,8,10H2,1-2H3. The molecule has 0 radical (unpaired) electrons. The highest BCUT2D eigenvalue weighted by Gasteiger charge is 2.24. The molecule has 0 amide bonds. The predicted molar refractivity (Wildman–Crippen MR) is 79.1 cm³/mol. The Labute approximate surface area is 119 Å². The first kappa shape index (κ1) is 13.2. The van der Waals surface area contributed by atoms with Crippen LogP contribution in [0.25, 0.3) is 0 Å². The van der Waals surface area contributed by atoms with Gasteiger partial charge in [-0.2, -0.15) is 5.10 Å². The SMILES string of the molecule is CCCn1nccc1C1NCCc2cc(OC)ccc21. The largest absolute Gasteiger partial charge is 0.497 e. The highest BCUT2D eigenvalue weighted by Crippen LogP contribution is 2.31. The van der Waals surface area contributed by atoms with Crippen LogP contribution >= 0.6 is 0 Å². The minimum Gasteiger partial charge on any atom is -0.497 e. The summed E-state index contributed by atoms with van der Waals surface area (Å²) in [6.45, 7) is 4.13. The first-order valence-corrected chi connectivity index (χ1v) is 7.25. The lowest BCUT2D eigenvalue weighted by molar-refractivity contribution is 0.412. The Hall–Kier alpha value is -1.81. The third-order valence-electron chi connectivity index (χ3n) is 3.88. The Morgan fingerprint density at radius 3 is 3.10 bits per heavy atom. The van der Waals surface area contributed by atoms with Crippen LogP contribution < -0.4 is 10.1 Å². The Bertz CT molecular complexity index is 591. The quantitative estimate of drug-likeness (QED) is 0.929. The molecule has 2 aromatic rings. The fourth-order valence-corrected chi connectivity index (χ4v) is 2.92. The van der Waals surface area contributed by atoms with Crippen LogP contribution in [0.5, 0.6) is 5.75 Å². The van der Waals surface area contributed by atoms with E-state index in [1.807, 2.05) is 12.3 Å². The van der Waals surface area contributed by atoms with Crippen molar-refractivity contribution in [1.29, 1.82) is 0 Å². The molecular weight excluding hydrogens is 250 g/mol. The molecule has 0 saturated carbocycles. The second-order valence-electron chi connectivity index (χ2n) is 5.18. The summed E-state index contributed by atoms with van der Waals surface area (Å²) in [5.41, 5.74) is 3.96. The van der Waals surface area contributed by atoms with Crippen molar-refractivity contribution in [3.63, 3.8) is 0 Å². The summed E-state index contributed by atoms with van der Waals surface area (Å²) >= 11 is 0. The number of nitrogens with one attached hydrogen (secondary N) is 1. The van der Waals surface area contributed by atoms with Gasteiger partial charge in [-0.05, 0) is 42.2 Å². The molecule has 1 aromatic carbocycles. The van der Waals surface area contributed by atoms with Crippen LogP contribution in [-0.4, -0.2) is 23.4 Å². The predicted octanol–water partition coefficient (Wildman–Crippen LogP) is 2.54. The zero-order chi connectivity index (χ0) is 13.9. The van der Waals surface area contributed by atoms with E-state index in [0.29, 0.717) is 0 Å². The van der Waals surface area contributed by atoms with Crippen molar-refractivity contribution in [2.24, 2.45) is 0 Å². The number of methoxy groups -OCH3 is 1. The molecule has 0 spiro atoms. The average molecular weight is 271 g/mol. The third kappa shape index (κ3) is 2.31. The van der Waals surface area contributed by atoms with Crippen LogP contribution in [0.2, 0.25) is 0 Å². The summed E-state index contributed by atoms with van der Waals surface area (Å²) in [5.74, 6) is 0.937. The van der Waals surface area contributed by atoms with E-state index in [1.165, 1.54) is 16.8 Å². The molecule has 0 fully saturated rings. The van der Waals surface area contributed by atoms with Crippen LogP contribution in [0.4, 0.5) is 0 Å². The molecule has 1 unspecified atom stereocenters. The molecule has 20 heavy (non-hydrogen) atoms. The molecule has 1 atom stereocenters. The minimum atomic E-state index is 0.235. The molecule has 4 heteroatoms. The van der Waals surface area contributed by atoms with Crippen molar-refractivity contribution in [3.8, 4) is 5.75 Å². The van der Waals surface area contributed by atoms with E-state index in [4.69, 9.17) is 4.74 Å². The average Bonchev–Trinajstić information content (AvgIpc) is 2.94. The van der Waals surface area contributed by atoms with Gasteiger partial charge in [0.05, 0.1) is 18.8 Å². The summed E-state index contributed by atoms with van der Waals surface area (Å²) in [6, 6.07) is 8.72. The Kier molecular flexibility index (Phi) is 3.74. The van der Waals surface area contributed by atoms with Gasteiger partial charge in [-0.3, -0.25) is 4.68 Å². The van der Waals surface area contributed by atoms with Gasteiger partial charge in [0.2, 0.25) is 0 Å². The van der Waals surface area contributed by atoms with Crippen LogP contribution in [0.1, 0.15) is 36.2 Å². The van der Waals surface area contributed by atoms with Crippen molar-refractivity contribution >= 4 is 0 Å². The van der Waals surface area contributed by atoms with Gasteiger partial charge in [0.15, 0.2) is 0 Å². The van der Waals surface area contributed by atoms with Crippen LogP contribution in [0.3, 0.4) is 0 Å². The molecule has 1 N–H and O–H groups in total. The molecular formula is C16H21N3O. The maximum atomic E-state index is 5.33. The van der Waals surface area contributed by atoms with Gasteiger partial charge in [-0.1, -0.05) is 13.0 Å². The van der Waals surface area contributed by atoms with Crippen LogP contribution in [0, 0.1) is 0 Å². The molecule has 4 nitrogen and oxygen atoms in total. The Morgan fingerprint density at radius 1 is 1.40 bits per heavy atom. The minimum absolute atomic E-state index is 0.235.